The second kappa shape index (κ2) is 8.54. The van der Waals surface area contributed by atoms with Gasteiger partial charge in [0.05, 0.1) is 43.6 Å². The van der Waals surface area contributed by atoms with E-state index in [4.69, 9.17) is 4.74 Å². The fourth-order valence-electron chi connectivity index (χ4n) is 3.90. The topological polar surface area (TPSA) is 102 Å². The first-order valence-corrected chi connectivity index (χ1v) is 10.1. The summed E-state index contributed by atoms with van der Waals surface area (Å²) in [6.07, 6.45) is -5.99. The Morgan fingerprint density at radius 3 is 2.55 bits per heavy atom. The molecule has 0 saturated carbocycles. The molecule has 4 rings (SSSR count). The van der Waals surface area contributed by atoms with Crippen LogP contribution in [0.2, 0.25) is 0 Å². The Balaban J connectivity index is 1.28. The predicted molar refractivity (Wildman–Crippen MR) is 103 cm³/mol. The van der Waals surface area contributed by atoms with Gasteiger partial charge in [-0.05, 0) is 12.1 Å². The number of carbonyl (C=O) groups is 3. The molecule has 3 heterocycles. The Morgan fingerprint density at radius 1 is 1.18 bits per heavy atom. The van der Waals surface area contributed by atoms with E-state index < -0.39 is 35.7 Å². The van der Waals surface area contributed by atoms with Crippen molar-refractivity contribution in [2.24, 2.45) is 0 Å². The fraction of sp³-hybridized carbons (Fsp3) is 0.450. The van der Waals surface area contributed by atoms with Gasteiger partial charge < -0.3 is 25.0 Å². The van der Waals surface area contributed by atoms with Crippen LogP contribution in [0.1, 0.15) is 17.5 Å². The van der Waals surface area contributed by atoms with Crippen LogP contribution < -0.4 is 5.32 Å². The Labute approximate surface area is 185 Å². The van der Waals surface area contributed by atoms with Gasteiger partial charge in [-0.3, -0.25) is 9.69 Å². The number of hydrogen-bond acceptors (Lipinski definition) is 4. The Kier molecular flexibility index (Phi) is 5.91. The van der Waals surface area contributed by atoms with Gasteiger partial charge in [-0.15, -0.1) is 0 Å². The van der Waals surface area contributed by atoms with Crippen LogP contribution in [-0.2, 0) is 22.3 Å². The first-order valence-electron chi connectivity index (χ1n) is 10.1. The van der Waals surface area contributed by atoms with Crippen molar-refractivity contribution in [3.8, 4) is 0 Å². The zero-order valence-electron chi connectivity index (χ0n) is 17.2. The van der Waals surface area contributed by atoms with Crippen molar-refractivity contribution in [1.82, 2.24) is 20.0 Å². The largest absolute Gasteiger partial charge is 0.465 e. The molecule has 1 saturated heterocycles. The highest BCUT2D eigenvalue weighted by atomic mass is 19.4. The summed E-state index contributed by atoms with van der Waals surface area (Å²) in [7, 11) is 0. The van der Waals surface area contributed by atoms with Crippen molar-refractivity contribution in [2.45, 2.75) is 25.3 Å². The van der Waals surface area contributed by atoms with Gasteiger partial charge in [0.1, 0.15) is 12.4 Å². The van der Waals surface area contributed by atoms with E-state index in [-0.39, 0.29) is 57.3 Å². The standard InChI is InChI=1S/C20H20F4N4O5/c21-14-5-12(20(22,23)24)2-1-11(14)10-33-13-6-27(7-13)18(30)26-4-3-16-15(8-26)25-17(29)9-28(16)19(31)32/h1-2,5,13H,3-4,6-10H2,(H,25,29)(H,31,32). The third kappa shape index (κ3) is 4.72. The number of alkyl halides is 3. The highest BCUT2D eigenvalue weighted by Crippen LogP contribution is 2.31. The number of nitrogens with zero attached hydrogens (tertiary/aromatic N) is 3. The van der Waals surface area contributed by atoms with Crippen LogP contribution in [0.4, 0.5) is 27.2 Å². The highest BCUT2D eigenvalue weighted by molar-refractivity contribution is 5.86. The minimum Gasteiger partial charge on any atom is -0.465 e. The van der Waals surface area contributed by atoms with E-state index in [9.17, 15) is 37.1 Å². The van der Waals surface area contributed by atoms with Gasteiger partial charge in [-0.25, -0.2) is 14.0 Å². The molecule has 9 nitrogen and oxygen atoms in total. The number of halogens is 4. The van der Waals surface area contributed by atoms with Crippen molar-refractivity contribution < 1.29 is 41.8 Å². The fourth-order valence-corrected chi connectivity index (χ4v) is 3.90. The molecule has 1 fully saturated rings. The monoisotopic (exact) mass is 472 g/mol. The Bertz CT molecular complexity index is 1020. The van der Waals surface area contributed by atoms with Gasteiger partial charge in [0.2, 0.25) is 5.91 Å². The molecule has 0 spiro atoms. The number of likely N-dealkylation sites (tertiary alicyclic amines) is 1. The number of carboxylic acid groups (broad SMARTS) is 1. The van der Waals surface area contributed by atoms with Crippen molar-refractivity contribution in [1.29, 1.82) is 0 Å². The maximum Gasteiger partial charge on any atom is 0.416 e. The van der Waals surface area contributed by atoms with E-state index >= 15 is 0 Å². The lowest BCUT2D eigenvalue weighted by Crippen LogP contribution is -2.60. The van der Waals surface area contributed by atoms with E-state index in [0.29, 0.717) is 17.5 Å². The summed E-state index contributed by atoms with van der Waals surface area (Å²) in [6, 6.07) is 1.92. The third-order valence-electron chi connectivity index (χ3n) is 5.71. The van der Waals surface area contributed by atoms with Crippen LogP contribution in [0.5, 0.6) is 0 Å². The van der Waals surface area contributed by atoms with E-state index in [1.165, 1.54) is 9.80 Å². The van der Waals surface area contributed by atoms with Gasteiger partial charge in [0, 0.05) is 24.2 Å². The lowest BCUT2D eigenvalue weighted by Gasteiger charge is -2.44. The molecule has 0 aliphatic carbocycles. The second-order valence-electron chi connectivity index (χ2n) is 7.94. The van der Waals surface area contributed by atoms with E-state index in [1.54, 1.807) is 0 Å². The normalized spacial score (nSPS) is 19.3. The summed E-state index contributed by atoms with van der Waals surface area (Å²) in [6.45, 7) is 0.257. The number of carbonyl (C=O) groups excluding carboxylic acids is 2. The van der Waals surface area contributed by atoms with Crippen LogP contribution in [-0.4, -0.2) is 76.7 Å². The van der Waals surface area contributed by atoms with Gasteiger partial charge in [-0.2, -0.15) is 13.2 Å². The molecule has 2 N–H and O–H groups in total. The number of nitrogens with one attached hydrogen (secondary N) is 1. The molecule has 33 heavy (non-hydrogen) atoms. The van der Waals surface area contributed by atoms with Crippen LogP contribution in [0.25, 0.3) is 0 Å². The quantitative estimate of drug-likeness (QED) is 0.657. The molecule has 3 aliphatic rings. The third-order valence-corrected chi connectivity index (χ3v) is 5.71. The molecular weight excluding hydrogens is 452 g/mol. The molecule has 1 aromatic rings. The number of urea groups is 1. The van der Waals surface area contributed by atoms with Gasteiger partial charge in [-0.1, -0.05) is 6.07 Å². The molecule has 0 atom stereocenters. The Hall–Kier alpha value is -3.35. The maximum absolute atomic E-state index is 13.9. The maximum atomic E-state index is 13.9. The second-order valence-corrected chi connectivity index (χ2v) is 7.94. The van der Waals surface area contributed by atoms with E-state index in [2.05, 4.69) is 5.32 Å². The van der Waals surface area contributed by atoms with Gasteiger partial charge in [0.25, 0.3) is 0 Å². The minimum absolute atomic E-state index is 0.0145. The van der Waals surface area contributed by atoms with Crippen LogP contribution in [0.3, 0.4) is 0 Å². The highest BCUT2D eigenvalue weighted by Gasteiger charge is 2.38. The van der Waals surface area contributed by atoms with Crippen molar-refractivity contribution in [2.75, 3.05) is 32.7 Å². The number of rotatable bonds is 3. The number of ether oxygens (including phenoxy) is 1. The zero-order valence-corrected chi connectivity index (χ0v) is 17.2. The average molecular weight is 472 g/mol. The minimum atomic E-state index is -4.63. The molecular formula is C20H20F4N4O5. The zero-order chi connectivity index (χ0) is 23.9. The van der Waals surface area contributed by atoms with E-state index in [0.717, 1.165) is 17.0 Å². The summed E-state index contributed by atoms with van der Waals surface area (Å²) in [5.41, 5.74) is -0.252. The van der Waals surface area contributed by atoms with Crippen molar-refractivity contribution >= 4 is 18.0 Å². The lowest BCUT2D eigenvalue weighted by atomic mass is 10.1. The van der Waals surface area contributed by atoms with Crippen LogP contribution in [0.15, 0.2) is 29.6 Å². The summed E-state index contributed by atoms with van der Waals surface area (Å²) in [4.78, 5) is 39.8. The molecule has 0 aromatic heterocycles. The molecule has 0 radical (unpaired) electrons. The van der Waals surface area contributed by atoms with Crippen molar-refractivity contribution in [3.63, 3.8) is 0 Å². The summed E-state index contributed by atoms with van der Waals surface area (Å²) in [5, 5.41) is 11.9. The van der Waals surface area contributed by atoms with Gasteiger partial charge in [0.15, 0.2) is 0 Å². The summed E-state index contributed by atoms with van der Waals surface area (Å²) < 4.78 is 57.3. The number of hydrogen-bond donors (Lipinski definition) is 2. The molecule has 178 valence electrons. The van der Waals surface area contributed by atoms with Crippen LogP contribution >= 0.6 is 0 Å². The molecule has 13 heteroatoms. The first kappa shape index (κ1) is 22.8. The first-order chi connectivity index (χ1) is 15.5. The molecule has 0 unspecified atom stereocenters. The van der Waals surface area contributed by atoms with Crippen LogP contribution in [0, 0.1) is 5.82 Å². The number of amides is 4. The van der Waals surface area contributed by atoms with E-state index in [1.807, 2.05) is 0 Å². The molecule has 4 amide bonds. The number of benzene rings is 1. The van der Waals surface area contributed by atoms with Crippen molar-refractivity contribution in [3.05, 3.63) is 46.5 Å². The summed E-state index contributed by atoms with van der Waals surface area (Å²) in [5.74, 6) is -1.49. The van der Waals surface area contributed by atoms with Gasteiger partial charge >= 0.3 is 18.3 Å². The lowest BCUT2D eigenvalue weighted by molar-refractivity contribution is -0.137. The average Bonchev–Trinajstić information content (AvgIpc) is 2.71. The molecule has 1 aromatic carbocycles. The molecule has 0 bridgehead atoms. The molecule has 3 aliphatic heterocycles. The summed E-state index contributed by atoms with van der Waals surface area (Å²) >= 11 is 0. The SMILES string of the molecule is O=C1CN(C(=O)O)C2=C(CN(C(=O)N3CC(OCc4ccc(C(F)(F)F)cc4F)C3)CC2)N1. The Morgan fingerprint density at radius 2 is 1.91 bits per heavy atom. The predicted octanol–water partition coefficient (Wildman–Crippen LogP) is 2.19. The smallest absolute Gasteiger partial charge is 0.416 e.